The molecule has 2 aromatic carbocycles. The maximum Gasteiger partial charge on any atom is 0.196 e. The Morgan fingerprint density at radius 3 is 2.50 bits per heavy atom. The van der Waals surface area contributed by atoms with Crippen LogP contribution in [0.2, 0.25) is 0 Å². The third-order valence-electron chi connectivity index (χ3n) is 3.05. The van der Waals surface area contributed by atoms with Gasteiger partial charge in [-0.2, -0.15) is 0 Å². The number of rotatable bonds is 4. The number of hydrogen-bond acceptors (Lipinski definition) is 3. The molecule has 0 aromatic heterocycles. The number of methoxy groups -OCH3 is 1. The Balaban J connectivity index is 2.44. The van der Waals surface area contributed by atoms with E-state index in [0.29, 0.717) is 5.56 Å². The fourth-order valence-corrected chi connectivity index (χ4v) is 1.92. The van der Waals surface area contributed by atoms with E-state index in [1.54, 1.807) is 24.3 Å². The van der Waals surface area contributed by atoms with Crippen LogP contribution in [0.15, 0.2) is 42.5 Å². The Kier molecular flexibility index (Phi) is 4.03. The molecule has 0 atom stereocenters. The van der Waals surface area contributed by atoms with Crippen LogP contribution in [0, 0.1) is 5.82 Å². The quantitative estimate of drug-likeness (QED) is 0.802. The maximum atomic E-state index is 14.1. The molecule has 0 aliphatic heterocycles. The third-order valence-corrected chi connectivity index (χ3v) is 3.05. The van der Waals surface area contributed by atoms with Crippen LogP contribution in [0.5, 0.6) is 5.75 Å². The molecule has 0 amide bonds. The molecule has 0 spiro atoms. The Morgan fingerprint density at radius 2 is 1.85 bits per heavy atom. The second-order valence-electron chi connectivity index (χ2n) is 4.60. The summed E-state index contributed by atoms with van der Waals surface area (Å²) in [6.45, 7) is 0. The highest BCUT2D eigenvalue weighted by Crippen LogP contribution is 2.23. The summed E-state index contributed by atoms with van der Waals surface area (Å²) >= 11 is 0. The molecule has 2 rings (SSSR count). The van der Waals surface area contributed by atoms with Crippen molar-refractivity contribution in [1.82, 2.24) is 0 Å². The number of nitrogens with zero attached hydrogens (tertiary/aromatic N) is 1. The molecule has 0 unspecified atom stereocenters. The summed E-state index contributed by atoms with van der Waals surface area (Å²) in [5.74, 6) is -0.917. The average Bonchev–Trinajstić information content (AvgIpc) is 2.47. The van der Waals surface area contributed by atoms with Gasteiger partial charge in [0.05, 0.1) is 12.7 Å². The summed E-state index contributed by atoms with van der Waals surface area (Å²) in [6, 6.07) is 11.6. The fourth-order valence-electron chi connectivity index (χ4n) is 1.92. The predicted molar refractivity (Wildman–Crippen MR) is 77.2 cm³/mol. The molecular formula is C16H16FNO2. The van der Waals surface area contributed by atoms with Gasteiger partial charge in [0, 0.05) is 25.3 Å². The van der Waals surface area contributed by atoms with Crippen LogP contribution in [0.25, 0.3) is 0 Å². The van der Waals surface area contributed by atoms with Gasteiger partial charge in [-0.1, -0.05) is 18.2 Å². The minimum absolute atomic E-state index is 0.0141. The van der Waals surface area contributed by atoms with Crippen LogP contribution < -0.4 is 9.64 Å². The van der Waals surface area contributed by atoms with Crippen LogP contribution in [0.3, 0.4) is 0 Å². The zero-order chi connectivity index (χ0) is 14.7. The summed E-state index contributed by atoms with van der Waals surface area (Å²) in [6.07, 6.45) is 0. The molecule has 0 aliphatic carbocycles. The van der Waals surface area contributed by atoms with Gasteiger partial charge in [0.1, 0.15) is 0 Å². The Bertz CT molecular complexity index is 638. The van der Waals surface area contributed by atoms with Gasteiger partial charge in [-0.3, -0.25) is 4.79 Å². The predicted octanol–water partition coefficient (Wildman–Crippen LogP) is 3.13. The van der Waals surface area contributed by atoms with E-state index in [1.165, 1.54) is 19.2 Å². The Morgan fingerprint density at radius 1 is 1.15 bits per heavy atom. The molecule has 3 nitrogen and oxygen atoms in total. The molecular weight excluding hydrogens is 257 g/mol. The molecule has 0 fully saturated rings. The van der Waals surface area contributed by atoms with Gasteiger partial charge in [-0.05, 0) is 24.3 Å². The van der Waals surface area contributed by atoms with Gasteiger partial charge in [-0.25, -0.2) is 4.39 Å². The highest BCUT2D eigenvalue weighted by Gasteiger charge is 2.17. The van der Waals surface area contributed by atoms with Crippen LogP contribution >= 0.6 is 0 Å². The lowest BCUT2D eigenvalue weighted by molar-refractivity contribution is 0.103. The van der Waals surface area contributed by atoms with E-state index >= 15 is 0 Å². The van der Waals surface area contributed by atoms with Crippen molar-refractivity contribution in [1.29, 1.82) is 0 Å². The lowest BCUT2D eigenvalue weighted by Gasteiger charge is -2.13. The second kappa shape index (κ2) is 5.74. The van der Waals surface area contributed by atoms with Crippen LogP contribution in [0.1, 0.15) is 15.9 Å². The van der Waals surface area contributed by atoms with Crippen molar-refractivity contribution in [3.05, 3.63) is 59.4 Å². The zero-order valence-corrected chi connectivity index (χ0v) is 11.7. The van der Waals surface area contributed by atoms with E-state index in [2.05, 4.69) is 0 Å². The highest BCUT2D eigenvalue weighted by molar-refractivity contribution is 6.09. The number of benzene rings is 2. The number of ether oxygens (including phenoxy) is 1. The summed E-state index contributed by atoms with van der Waals surface area (Å²) in [4.78, 5) is 14.3. The molecule has 20 heavy (non-hydrogen) atoms. The minimum atomic E-state index is -0.629. The normalized spacial score (nSPS) is 10.2. The topological polar surface area (TPSA) is 29.5 Å². The zero-order valence-electron chi connectivity index (χ0n) is 11.7. The lowest BCUT2D eigenvalue weighted by Crippen LogP contribution is -2.11. The molecule has 0 aliphatic rings. The first-order chi connectivity index (χ1) is 9.54. The minimum Gasteiger partial charge on any atom is -0.494 e. The smallest absolute Gasteiger partial charge is 0.196 e. The highest BCUT2D eigenvalue weighted by atomic mass is 19.1. The Labute approximate surface area is 117 Å². The van der Waals surface area contributed by atoms with E-state index in [9.17, 15) is 9.18 Å². The lowest BCUT2D eigenvalue weighted by atomic mass is 10.0. The average molecular weight is 273 g/mol. The van der Waals surface area contributed by atoms with Crippen molar-refractivity contribution in [3.8, 4) is 5.75 Å². The van der Waals surface area contributed by atoms with Gasteiger partial charge >= 0.3 is 0 Å². The van der Waals surface area contributed by atoms with Crippen molar-refractivity contribution in [2.75, 3.05) is 26.1 Å². The first kappa shape index (κ1) is 14.1. The van der Waals surface area contributed by atoms with Crippen LogP contribution in [-0.4, -0.2) is 27.0 Å². The van der Waals surface area contributed by atoms with Crippen LogP contribution in [-0.2, 0) is 0 Å². The number of halogens is 1. The van der Waals surface area contributed by atoms with Crippen molar-refractivity contribution >= 4 is 11.5 Å². The van der Waals surface area contributed by atoms with Crippen molar-refractivity contribution in [2.24, 2.45) is 0 Å². The molecule has 0 heterocycles. The van der Waals surface area contributed by atoms with Gasteiger partial charge in [0.2, 0.25) is 0 Å². The molecule has 2 aromatic rings. The number of anilines is 1. The largest absolute Gasteiger partial charge is 0.494 e. The van der Waals surface area contributed by atoms with E-state index in [1.807, 2.05) is 25.1 Å². The van der Waals surface area contributed by atoms with E-state index in [-0.39, 0.29) is 17.1 Å². The number of carbonyl (C=O) groups is 1. The molecule has 4 heteroatoms. The van der Waals surface area contributed by atoms with Gasteiger partial charge in [0.25, 0.3) is 0 Å². The maximum absolute atomic E-state index is 14.1. The summed E-state index contributed by atoms with van der Waals surface area (Å²) in [7, 11) is 5.14. The van der Waals surface area contributed by atoms with Gasteiger partial charge < -0.3 is 9.64 Å². The standard InChI is InChI=1S/C16H16FNO2/c1-18(2)12-7-4-6-11(10-12)16(19)13-8-5-9-14(20-3)15(13)17/h4-10H,1-3H3. The SMILES string of the molecule is COc1cccc(C(=O)c2cccc(N(C)C)c2)c1F. The second-order valence-corrected chi connectivity index (χ2v) is 4.60. The summed E-state index contributed by atoms with van der Waals surface area (Å²) < 4.78 is 19.0. The number of ketones is 1. The molecule has 0 saturated heterocycles. The molecule has 0 radical (unpaired) electrons. The summed E-state index contributed by atoms with van der Waals surface area (Å²) in [5.41, 5.74) is 1.35. The van der Waals surface area contributed by atoms with E-state index in [4.69, 9.17) is 4.74 Å². The summed E-state index contributed by atoms with van der Waals surface area (Å²) in [5, 5.41) is 0. The molecule has 0 bridgehead atoms. The van der Waals surface area contributed by atoms with Crippen molar-refractivity contribution in [2.45, 2.75) is 0 Å². The van der Waals surface area contributed by atoms with Crippen molar-refractivity contribution < 1.29 is 13.9 Å². The van der Waals surface area contributed by atoms with Gasteiger partial charge in [0.15, 0.2) is 17.3 Å². The monoisotopic (exact) mass is 273 g/mol. The van der Waals surface area contributed by atoms with Gasteiger partial charge in [-0.15, -0.1) is 0 Å². The van der Waals surface area contributed by atoms with E-state index in [0.717, 1.165) is 5.69 Å². The molecule has 104 valence electrons. The molecule has 0 N–H and O–H groups in total. The Hall–Kier alpha value is -2.36. The molecule has 0 saturated carbocycles. The first-order valence-corrected chi connectivity index (χ1v) is 6.19. The number of hydrogen-bond donors (Lipinski definition) is 0. The number of carbonyl (C=O) groups excluding carboxylic acids is 1. The van der Waals surface area contributed by atoms with Crippen LogP contribution in [0.4, 0.5) is 10.1 Å². The first-order valence-electron chi connectivity index (χ1n) is 6.19. The third kappa shape index (κ3) is 2.64. The van der Waals surface area contributed by atoms with Crippen molar-refractivity contribution in [3.63, 3.8) is 0 Å². The van der Waals surface area contributed by atoms with E-state index < -0.39 is 5.82 Å². The fraction of sp³-hybridized carbons (Fsp3) is 0.188.